The van der Waals surface area contributed by atoms with Crippen molar-refractivity contribution < 1.29 is 23.1 Å². The van der Waals surface area contributed by atoms with Gasteiger partial charge in [-0.05, 0) is 50.2 Å². The lowest BCUT2D eigenvalue weighted by Gasteiger charge is -2.40. The Balaban J connectivity index is 1.40. The van der Waals surface area contributed by atoms with Gasteiger partial charge in [0.05, 0.1) is 19.7 Å². The van der Waals surface area contributed by atoms with Crippen LogP contribution in [0.5, 0.6) is 5.88 Å². The summed E-state index contributed by atoms with van der Waals surface area (Å²) in [5.74, 6) is -2.92. The van der Waals surface area contributed by atoms with E-state index in [0.29, 0.717) is 24.8 Å². The fourth-order valence-electron chi connectivity index (χ4n) is 4.51. The summed E-state index contributed by atoms with van der Waals surface area (Å²) < 4.78 is 32.5. The second-order valence-corrected chi connectivity index (χ2v) is 8.90. The summed E-state index contributed by atoms with van der Waals surface area (Å²) in [4.78, 5) is 32.5. The number of hydrogen-bond donors (Lipinski definition) is 1. The fourth-order valence-corrected chi connectivity index (χ4v) is 4.51. The molecule has 1 aromatic heterocycles. The summed E-state index contributed by atoms with van der Waals surface area (Å²) in [5, 5.41) is 0. The Hall–Kier alpha value is -2.45. The molecule has 29 heavy (non-hydrogen) atoms. The minimum atomic E-state index is -2.72. The zero-order valence-corrected chi connectivity index (χ0v) is 16.1. The molecule has 2 saturated heterocycles. The molecule has 0 unspecified atom stereocenters. The van der Waals surface area contributed by atoms with Gasteiger partial charge in [0, 0.05) is 12.0 Å². The molecule has 156 valence electrons. The van der Waals surface area contributed by atoms with Gasteiger partial charge >= 0.3 is 0 Å². The highest BCUT2D eigenvalue weighted by Crippen LogP contribution is 2.57. The molecule has 1 spiro atoms. The Bertz CT molecular complexity index is 861. The van der Waals surface area contributed by atoms with E-state index < -0.39 is 17.9 Å². The quantitative estimate of drug-likeness (QED) is 0.778. The van der Waals surface area contributed by atoms with Crippen molar-refractivity contribution in [2.45, 2.75) is 44.1 Å². The number of carbonyl (C=O) groups is 2. The van der Waals surface area contributed by atoms with E-state index in [1.165, 1.54) is 15.9 Å². The van der Waals surface area contributed by atoms with E-state index in [1.54, 1.807) is 6.07 Å². The van der Waals surface area contributed by atoms with Crippen LogP contribution in [0.3, 0.4) is 0 Å². The highest BCUT2D eigenvalue weighted by molar-refractivity contribution is 5.97. The van der Waals surface area contributed by atoms with E-state index in [1.807, 2.05) is 0 Å². The lowest BCUT2D eigenvalue weighted by atomic mass is 9.96. The van der Waals surface area contributed by atoms with Gasteiger partial charge in [-0.1, -0.05) is 0 Å². The number of primary amides is 1. The molecular weight excluding hydrogens is 382 g/mol. The molecule has 9 heteroatoms. The lowest BCUT2D eigenvalue weighted by molar-refractivity contribution is -0.123. The molecule has 1 atom stereocenters. The maximum atomic E-state index is 13.3. The molecule has 0 aromatic carbocycles. The number of nitrogens with zero attached hydrogens (tertiary/aromatic N) is 3. The second-order valence-electron chi connectivity index (χ2n) is 8.90. The molecular formula is C20H24F2N4O3. The van der Waals surface area contributed by atoms with Crippen LogP contribution in [0.2, 0.25) is 0 Å². The molecule has 2 aliphatic carbocycles. The Morgan fingerprint density at radius 3 is 2.52 bits per heavy atom. The van der Waals surface area contributed by atoms with Crippen molar-refractivity contribution in [1.29, 1.82) is 0 Å². The van der Waals surface area contributed by atoms with Crippen LogP contribution in [0.25, 0.3) is 0 Å². The van der Waals surface area contributed by atoms with Crippen molar-refractivity contribution in [1.82, 2.24) is 9.88 Å². The van der Waals surface area contributed by atoms with Gasteiger partial charge in [-0.3, -0.25) is 9.59 Å². The summed E-state index contributed by atoms with van der Waals surface area (Å²) in [5.41, 5.74) is 6.05. The normalized spacial score (nSPS) is 26.3. The van der Waals surface area contributed by atoms with Gasteiger partial charge in [0.2, 0.25) is 11.8 Å². The van der Waals surface area contributed by atoms with E-state index in [2.05, 4.69) is 4.98 Å². The van der Waals surface area contributed by atoms with Crippen LogP contribution in [-0.2, 0) is 4.79 Å². The predicted octanol–water partition coefficient (Wildman–Crippen LogP) is 1.81. The number of halogens is 2. The minimum Gasteiger partial charge on any atom is -0.476 e. The van der Waals surface area contributed by atoms with Crippen molar-refractivity contribution in [3.63, 3.8) is 0 Å². The molecule has 3 heterocycles. The fraction of sp³-hybridized carbons (Fsp3) is 0.650. The third-order valence-corrected chi connectivity index (χ3v) is 6.56. The molecule has 0 radical (unpaired) electrons. The summed E-state index contributed by atoms with van der Waals surface area (Å²) >= 11 is 0. The first-order valence-corrected chi connectivity index (χ1v) is 10.1. The number of likely N-dealkylation sites (tertiary alicyclic amines) is 1. The van der Waals surface area contributed by atoms with Gasteiger partial charge in [-0.25, -0.2) is 13.8 Å². The second kappa shape index (κ2) is 6.27. The molecule has 2 aliphatic heterocycles. The SMILES string of the molecule is NC(=O)[C@@H]1N(C(=O)c2ccc(N3CC(F)(F)C3)c(OCC3CC3)n2)CCC12CC2. The Labute approximate surface area is 167 Å². The maximum absolute atomic E-state index is 13.3. The maximum Gasteiger partial charge on any atom is 0.282 e. The third-order valence-electron chi connectivity index (χ3n) is 6.56. The van der Waals surface area contributed by atoms with Gasteiger partial charge in [0.25, 0.3) is 11.8 Å². The number of carbonyl (C=O) groups excluding carboxylic acids is 2. The van der Waals surface area contributed by atoms with Crippen LogP contribution in [0.4, 0.5) is 14.5 Å². The average Bonchev–Trinajstić information content (AvgIpc) is 3.55. The first-order chi connectivity index (χ1) is 13.8. The summed E-state index contributed by atoms with van der Waals surface area (Å²) in [6.07, 6.45) is 4.71. The van der Waals surface area contributed by atoms with Crippen LogP contribution < -0.4 is 15.4 Å². The number of aromatic nitrogens is 1. The number of anilines is 1. The molecule has 4 fully saturated rings. The van der Waals surface area contributed by atoms with Crippen molar-refractivity contribution in [2.75, 3.05) is 31.1 Å². The van der Waals surface area contributed by atoms with Gasteiger partial charge in [0.15, 0.2) is 0 Å². The van der Waals surface area contributed by atoms with Crippen LogP contribution in [0.1, 0.15) is 42.6 Å². The molecule has 7 nitrogen and oxygen atoms in total. The first-order valence-electron chi connectivity index (χ1n) is 10.1. The van der Waals surface area contributed by atoms with Gasteiger partial charge < -0.3 is 20.3 Å². The standard InChI is InChI=1S/C20H24F2N4O3/c21-20(22)10-25(11-20)14-4-3-13(24-17(14)29-9-12-1-2-12)18(28)26-8-7-19(5-6-19)15(26)16(23)27/h3-4,12,15H,1-2,5-11H2,(H2,23,27)/t15-/m0/s1. The Morgan fingerprint density at radius 1 is 1.21 bits per heavy atom. The molecule has 2 saturated carbocycles. The van der Waals surface area contributed by atoms with Crippen LogP contribution in [-0.4, -0.2) is 59.9 Å². The predicted molar refractivity (Wildman–Crippen MR) is 99.9 cm³/mol. The summed E-state index contributed by atoms with van der Waals surface area (Å²) in [6, 6.07) is 2.52. The zero-order valence-electron chi connectivity index (χ0n) is 16.1. The van der Waals surface area contributed by atoms with Crippen molar-refractivity contribution in [2.24, 2.45) is 17.1 Å². The minimum absolute atomic E-state index is 0.149. The van der Waals surface area contributed by atoms with Crippen LogP contribution >= 0.6 is 0 Å². The van der Waals surface area contributed by atoms with E-state index in [4.69, 9.17) is 10.5 Å². The topological polar surface area (TPSA) is 88.8 Å². The monoisotopic (exact) mass is 406 g/mol. The molecule has 5 rings (SSSR count). The molecule has 2 amide bonds. The number of rotatable bonds is 6. The first kappa shape index (κ1) is 18.6. The highest BCUT2D eigenvalue weighted by atomic mass is 19.3. The van der Waals surface area contributed by atoms with Crippen molar-refractivity contribution in [3.05, 3.63) is 17.8 Å². The van der Waals surface area contributed by atoms with E-state index >= 15 is 0 Å². The van der Waals surface area contributed by atoms with E-state index in [-0.39, 0.29) is 36.0 Å². The van der Waals surface area contributed by atoms with E-state index in [9.17, 15) is 18.4 Å². The van der Waals surface area contributed by atoms with Crippen molar-refractivity contribution >= 4 is 17.5 Å². The van der Waals surface area contributed by atoms with Gasteiger partial charge in [-0.2, -0.15) is 0 Å². The van der Waals surface area contributed by atoms with Crippen LogP contribution in [0.15, 0.2) is 12.1 Å². The highest BCUT2D eigenvalue weighted by Gasteiger charge is 2.59. The van der Waals surface area contributed by atoms with E-state index in [0.717, 1.165) is 32.1 Å². The average molecular weight is 406 g/mol. The number of ether oxygens (including phenoxy) is 1. The largest absolute Gasteiger partial charge is 0.476 e. The zero-order chi connectivity index (χ0) is 20.4. The number of pyridine rings is 1. The number of nitrogens with two attached hydrogens (primary N) is 1. The van der Waals surface area contributed by atoms with Crippen LogP contribution in [0, 0.1) is 11.3 Å². The van der Waals surface area contributed by atoms with Crippen molar-refractivity contribution in [3.8, 4) is 5.88 Å². The smallest absolute Gasteiger partial charge is 0.282 e. The lowest BCUT2D eigenvalue weighted by Crippen LogP contribution is -2.56. The Kier molecular flexibility index (Phi) is 4.02. The number of hydrogen-bond acceptors (Lipinski definition) is 5. The molecule has 4 aliphatic rings. The summed E-state index contributed by atoms with van der Waals surface area (Å²) in [6.45, 7) is 0.144. The molecule has 2 N–H and O–H groups in total. The molecule has 0 bridgehead atoms. The summed E-state index contributed by atoms with van der Waals surface area (Å²) in [7, 11) is 0. The Morgan fingerprint density at radius 2 is 1.93 bits per heavy atom. The number of alkyl halides is 2. The third kappa shape index (κ3) is 3.30. The van der Waals surface area contributed by atoms with Gasteiger partial charge in [0.1, 0.15) is 17.4 Å². The number of amides is 2. The molecule has 1 aromatic rings. The van der Waals surface area contributed by atoms with Gasteiger partial charge in [-0.15, -0.1) is 0 Å².